The van der Waals surface area contributed by atoms with Gasteiger partial charge in [0.05, 0.1) is 11.3 Å². The predicted octanol–water partition coefficient (Wildman–Crippen LogP) is 4.65. The van der Waals surface area contributed by atoms with E-state index in [1.165, 1.54) is 0 Å². The van der Waals surface area contributed by atoms with Crippen molar-refractivity contribution in [1.82, 2.24) is 9.88 Å². The van der Waals surface area contributed by atoms with Gasteiger partial charge in [0.1, 0.15) is 5.82 Å². The molecule has 0 unspecified atom stereocenters. The van der Waals surface area contributed by atoms with Crippen molar-refractivity contribution in [2.45, 2.75) is 10.7 Å². The number of aromatic nitrogens is 1. The molecule has 3 aromatic rings. The number of pyridine rings is 1. The smallest absolute Gasteiger partial charge is 0.340 e. The van der Waals surface area contributed by atoms with E-state index in [0.717, 1.165) is 5.82 Å². The summed E-state index contributed by atoms with van der Waals surface area (Å²) in [5, 5.41) is 3.10. The van der Waals surface area contributed by atoms with Gasteiger partial charge in [-0.1, -0.05) is 30.0 Å². The van der Waals surface area contributed by atoms with Crippen molar-refractivity contribution in [2.75, 3.05) is 43.0 Å². The molecule has 2 aromatic carbocycles. The molecule has 35 heavy (non-hydrogen) atoms. The highest BCUT2D eigenvalue weighted by Gasteiger charge is 2.23. The molecule has 1 saturated heterocycles. The number of alkyl halides is 2. The number of rotatable bonds is 8. The van der Waals surface area contributed by atoms with E-state index in [4.69, 9.17) is 4.74 Å². The van der Waals surface area contributed by atoms with Crippen LogP contribution >= 0.6 is 11.8 Å². The molecule has 0 spiro atoms. The monoisotopic (exact) mass is 498 g/mol. The Labute approximate surface area is 206 Å². The topological polar surface area (TPSA) is 74.8 Å². The second kappa shape index (κ2) is 11.7. The molecule has 1 amide bonds. The van der Waals surface area contributed by atoms with Crippen molar-refractivity contribution in [3.63, 3.8) is 0 Å². The van der Waals surface area contributed by atoms with Crippen LogP contribution in [-0.2, 0) is 9.53 Å². The van der Waals surface area contributed by atoms with Crippen molar-refractivity contribution in [1.29, 1.82) is 0 Å². The molecule has 2 heterocycles. The minimum Gasteiger partial charge on any atom is -0.452 e. The molecule has 1 aliphatic heterocycles. The zero-order valence-corrected chi connectivity index (χ0v) is 19.6. The van der Waals surface area contributed by atoms with Crippen LogP contribution < -0.4 is 10.2 Å². The number of nitrogens with zero attached hydrogens (tertiary/aromatic N) is 3. The molecular formula is C25H24F2N4O3S. The van der Waals surface area contributed by atoms with Crippen LogP contribution in [0.3, 0.4) is 0 Å². The first-order valence-corrected chi connectivity index (χ1v) is 11.9. The van der Waals surface area contributed by atoms with Gasteiger partial charge in [-0.05, 0) is 48.5 Å². The molecule has 0 aliphatic carbocycles. The van der Waals surface area contributed by atoms with Crippen molar-refractivity contribution in [2.24, 2.45) is 0 Å². The molecule has 0 radical (unpaired) electrons. The standard InChI is InChI=1S/C25H24F2N4O3S/c26-25(27)35-19-10-8-18(9-11-19)29-21-6-2-1-5-20(21)24(33)34-17-23(32)31-15-13-30(14-16-31)22-7-3-4-12-28-22/h1-12,25,29H,13-17H2. The average Bonchev–Trinajstić information content (AvgIpc) is 2.89. The van der Waals surface area contributed by atoms with E-state index < -0.39 is 11.7 Å². The van der Waals surface area contributed by atoms with E-state index >= 15 is 0 Å². The minimum atomic E-state index is -2.49. The van der Waals surface area contributed by atoms with Crippen LogP contribution in [-0.4, -0.2) is 60.3 Å². The third-order valence-electron chi connectivity index (χ3n) is 5.44. The molecule has 1 aromatic heterocycles. The Morgan fingerprint density at radius 2 is 1.69 bits per heavy atom. The highest BCUT2D eigenvalue weighted by atomic mass is 32.2. The Morgan fingerprint density at radius 1 is 0.971 bits per heavy atom. The fourth-order valence-electron chi connectivity index (χ4n) is 3.67. The van der Waals surface area contributed by atoms with Gasteiger partial charge in [0, 0.05) is 43.0 Å². The number of carbonyl (C=O) groups is 2. The molecule has 0 saturated carbocycles. The summed E-state index contributed by atoms with van der Waals surface area (Å²) in [5.41, 5.74) is 1.39. The summed E-state index contributed by atoms with van der Waals surface area (Å²) >= 11 is 0.464. The molecule has 182 valence electrons. The van der Waals surface area contributed by atoms with E-state index in [-0.39, 0.29) is 18.1 Å². The Kier molecular flexibility index (Phi) is 8.15. The van der Waals surface area contributed by atoms with Gasteiger partial charge < -0.3 is 19.9 Å². The number of piperazine rings is 1. The molecule has 10 heteroatoms. The van der Waals surface area contributed by atoms with Crippen LogP contribution in [0.2, 0.25) is 0 Å². The Morgan fingerprint density at radius 3 is 2.37 bits per heavy atom. The first-order valence-electron chi connectivity index (χ1n) is 11.0. The average molecular weight is 499 g/mol. The summed E-state index contributed by atoms with van der Waals surface area (Å²) in [6.45, 7) is 1.99. The summed E-state index contributed by atoms with van der Waals surface area (Å²) in [6, 6.07) is 18.9. The molecule has 7 nitrogen and oxygen atoms in total. The van der Waals surface area contributed by atoms with Crippen molar-refractivity contribution in [3.8, 4) is 0 Å². The summed E-state index contributed by atoms with van der Waals surface area (Å²) < 4.78 is 30.3. The third-order valence-corrected chi connectivity index (χ3v) is 6.16. The van der Waals surface area contributed by atoms with Gasteiger partial charge in [-0.15, -0.1) is 0 Å². The van der Waals surface area contributed by atoms with E-state index in [1.807, 2.05) is 18.2 Å². The predicted molar refractivity (Wildman–Crippen MR) is 131 cm³/mol. The maximum absolute atomic E-state index is 12.7. The van der Waals surface area contributed by atoms with Crippen molar-refractivity contribution < 1.29 is 23.1 Å². The fraction of sp³-hybridized carbons (Fsp3) is 0.240. The van der Waals surface area contributed by atoms with Gasteiger partial charge in [0.2, 0.25) is 0 Å². The number of carbonyl (C=O) groups excluding carboxylic acids is 2. The lowest BCUT2D eigenvalue weighted by molar-refractivity contribution is -0.134. The van der Waals surface area contributed by atoms with Gasteiger partial charge in [-0.25, -0.2) is 9.78 Å². The van der Waals surface area contributed by atoms with Gasteiger partial charge >= 0.3 is 5.97 Å². The van der Waals surface area contributed by atoms with Crippen LogP contribution in [0.1, 0.15) is 10.4 Å². The number of hydrogen-bond acceptors (Lipinski definition) is 7. The molecule has 0 atom stereocenters. The number of esters is 1. The third kappa shape index (κ3) is 6.69. The number of hydrogen-bond donors (Lipinski definition) is 1. The van der Waals surface area contributed by atoms with Gasteiger partial charge in [-0.2, -0.15) is 8.78 Å². The molecule has 4 rings (SSSR count). The summed E-state index contributed by atoms with van der Waals surface area (Å²) in [5.74, 6) is -2.50. The number of nitrogens with one attached hydrogen (secondary N) is 1. The van der Waals surface area contributed by atoms with E-state index in [9.17, 15) is 18.4 Å². The normalized spacial score (nSPS) is 13.6. The number of halogens is 2. The first kappa shape index (κ1) is 24.5. The second-order valence-electron chi connectivity index (χ2n) is 7.71. The Balaban J connectivity index is 1.30. The number of amides is 1. The quantitative estimate of drug-likeness (QED) is 0.358. The fourth-order valence-corrected chi connectivity index (χ4v) is 4.17. The lowest BCUT2D eigenvalue weighted by Gasteiger charge is -2.35. The second-order valence-corrected chi connectivity index (χ2v) is 8.77. The lowest BCUT2D eigenvalue weighted by Crippen LogP contribution is -2.50. The van der Waals surface area contributed by atoms with Gasteiger partial charge in [-0.3, -0.25) is 4.79 Å². The number of anilines is 3. The van der Waals surface area contributed by atoms with E-state index in [0.29, 0.717) is 54.2 Å². The Hall–Kier alpha value is -3.66. The highest BCUT2D eigenvalue weighted by molar-refractivity contribution is 7.99. The maximum atomic E-state index is 12.7. The van der Waals surface area contributed by atoms with Crippen LogP contribution in [0.4, 0.5) is 26.0 Å². The van der Waals surface area contributed by atoms with Crippen LogP contribution in [0.25, 0.3) is 0 Å². The zero-order chi connectivity index (χ0) is 24.6. The number of thioether (sulfide) groups is 1. The highest BCUT2D eigenvalue weighted by Crippen LogP contribution is 2.28. The minimum absolute atomic E-state index is 0.253. The molecule has 1 N–H and O–H groups in total. The maximum Gasteiger partial charge on any atom is 0.340 e. The lowest BCUT2D eigenvalue weighted by atomic mass is 10.1. The van der Waals surface area contributed by atoms with Crippen molar-refractivity contribution in [3.05, 3.63) is 78.5 Å². The van der Waals surface area contributed by atoms with Crippen LogP contribution in [0.15, 0.2) is 77.8 Å². The summed E-state index contributed by atoms with van der Waals surface area (Å²) in [7, 11) is 0. The molecule has 1 fully saturated rings. The van der Waals surface area contributed by atoms with Crippen molar-refractivity contribution >= 4 is 40.8 Å². The summed E-state index contributed by atoms with van der Waals surface area (Å²) in [6.07, 6.45) is 1.74. The van der Waals surface area contributed by atoms with E-state index in [2.05, 4.69) is 15.2 Å². The molecule has 0 bridgehead atoms. The van der Waals surface area contributed by atoms with Gasteiger partial charge in [0.25, 0.3) is 11.7 Å². The number of benzene rings is 2. The summed E-state index contributed by atoms with van der Waals surface area (Å²) in [4.78, 5) is 33.9. The molecular weight excluding hydrogens is 474 g/mol. The van der Waals surface area contributed by atoms with Crippen LogP contribution in [0, 0.1) is 0 Å². The SMILES string of the molecule is O=C(OCC(=O)N1CCN(c2ccccn2)CC1)c1ccccc1Nc1ccc(SC(F)F)cc1. The Bertz CT molecular complexity index is 1140. The van der Waals surface area contributed by atoms with Gasteiger partial charge in [0.15, 0.2) is 6.61 Å². The largest absolute Gasteiger partial charge is 0.452 e. The van der Waals surface area contributed by atoms with Crippen LogP contribution in [0.5, 0.6) is 0 Å². The number of ether oxygens (including phenoxy) is 1. The number of para-hydroxylation sites is 1. The molecule has 1 aliphatic rings. The van der Waals surface area contributed by atoms with E-state index in [1.54, 1.807) is 59.6 Å². The zero-order valence-electron chi connectivity index (χ0n) is 18.8. The first-order chi connectivity index (χ1) is 17.0.